The summed E-state index contributed by atoms with van der Waals surface area (Å²) in [5.74, 6) is 1.82. The molecule has 1 amide bonds. The molecule has 0 radical (unpaired) electrons. The van der Waals surface area contributed by atoms with Gasteiger partial charge in [-0.25, -0.2) is 4.98 Å². The Bertz CT molecular complexity index is 1070. The number of rotatable bonds is 8. The summed E-state index contributed by atoms with van der Waals surface area (Å²) in [4.78, 5) is 26.2. The zero-order valence-electron chi connectivity index (χ0n) is 19.5. The van der Waals surface area contributed by atoms with Crippen LogP contribution in [0, 0.1) is 6.92 Å². The number of aromatic nitrogens is 2. The van der Waals surface area contributed by atoms with Crippen molar-refractivity contribution in [1.82, 2.24) is 14.9 Å². The van der Waals surface area contributed by atoms with Gasteiger partial charge in [-0.05, 0) is 67.8 Å². The van der Waals surface area contributed by atoms with E-state index in [1.54, 1.807) is 13.3 Å². The molecule has 0 saturated carbocycles. The number of methoxy groups -OCH3 is 1. The molecule has 33 heavy (non-hydrogen) atoms. The first-order valence-corrected chi connectivity index (χ1v) is 11.3. The monoisotopic (exact) mass is 445 g/mol. The summed E-state index contributed by atoms with van der Waals surface area (Å²) in [6.07, 6.45) is 6.00. The minimum atomic E-state index is 0.0365. The van der Waals surface area contributed by atoms with E-state index in [9.17, 15) is 4.79 Å². The molecule has 1 saturated heterocycles. The molecule has 1 N–H and O–H groups in total. The lowest BCUT2D eigenvalue weighted by Crippen LogP contribution is -2.33. The first kappa shape index (κ1) is 22.6. The molecule has 4 rings (SSSR count). The van der Waals surface area contributed by atoms with Crippen LogP contribution in [0.4, 0.5) is 17.2 Å². The van der Waals surface area contributed by atoms with Gasteiger partial charge in [0.2, 0.25) is 5.91 Å². The third kappa shape index (κ3) is 5.42. The Morgan fingerprint density at radius 2 is 2.00 bits per heavy atom. The van der Waals surface area contributed by atoms with Gasteiger partial charge in [-0.1, -0.05) is 6.07 Å². The van der Waals surface area contributed by atoms with Gasteiger partial charge in [0.25, 0.3) is 0 Å². The molecule has 1 atom stereocenters. The highest BCUT2D eigenvalue weighted by molar-refractivity contribution is 5.77. The van der Waals surface area contributed by atoms with Crippen molar-refractivity contribution in [2.45, 2.75) is 32.2 Å². The largest absolute Gasteiger partial charge is 0.497 e. The van der Waals surface area contributed by atoms with Crippen molar-refractivity contribution in [2.75, 3.05) is 37.5 Å². The predicted octanol–water partition coefficient (Wildman–Crippen LogP) is 4.73. The van der Waals surface area contributed by atoms with Crippen molar-refractivity contribution < 1.29 is 9.53 Å². The van der Waals surface area contributed by atoms with E-state index in [4.69, 9.17) is 4.74 Å². The van der Waals surface area contributed by atoms with E-state index in [2.05, 4.69) is 20.2 Å². The molecule has 172 valence electrons. The first-order chi connectivity index (χ1) is 16.0. The number of benzene rings is 1. The lowest BCUT2D eigenvalue weighted by molar-refractivity contribution is -0.132. The highest BCUT2D eigenvalue weighted by Gasteiger charge is 2.30. The molecule has 3 heterocycles. The number of pyridine rings is 2. The Kier molecular flexibility index (Phi) is 7.07. The zero-order chi connectivity index (χ0) is 23.2. The smallest absolute Gasteiger partial charge is 0.224 e. The van der Waals surface area contributed by atoms with Crippen molar-refractivity contribution in [3.8, 4) is 5.75 Å². The van der Waals surface area contributed by atoms with Gasteiger partial charge in [0.05, 0.1) is 30.7 Å². The second-order valence-electron chi connectivity index (χ2n) is 8.38. The molecule has 2 aromatic heterocycles. The van der Waals surface area contributed by atoms with Crippen molar-refractivity contribution in [2.24, 2.45) is 0 Å². The molecule has 1 aromatic carbocycles. The standard InChI is InChI=1S/C26H31N5O2/c1-19-6-4-15-27-26(19)29-20-8-13-23(28-18-20)24-7-5-16-31(24)25(32)14-17-30(2)21-9-11-22(33-3)12-10-21/h4,6,8-13,15,18,24H,5,7,14,16-17H2,1-3H3,(H,27,29)/t24-/m0/s1. The van der Waals surface area contributed by atoms with Gasteiger partial charge in [0.1, 0.15) is 11.6 Å². The van der Waals surface area contributed by atoms with E-state index in [1.807, 2.05) is 73.6 Å². The molecule has 0 spiro atoms. The summed E-state index contributed by atoms with van der Waals surface area (Å²) >= 11 is 0. The SMILES string of the molecule is COc1ccc(N(C)CCC(=O)N2CCC[C@H]2c2ccc(Nc3ncccc3C)cn2)cc1. The van der Waals surface area contributed by atoms with Crippen LogP contribution in [0.1, 0.15) is 36.6 Å². The van der Waals surface area contributed by atoms with Crippen LogP contribution in [0.3, 0.4) is 0 Å². The maximum Gasteiger partial charge on any atom is 0.224 e. The molecule has 0 unspecified atom stereocenters. The van der Waals surface area contributed by atoms with Crippen LogP contribution >= 0.6 is 0 Å². The fraction of sp³-hybridized carbons (Fsp3) is 0.346. The van der Waals surface area contributed by atoms with Crippen molar-refractivity contribution in [3.05, 3.63) is 72.2 Å². The lowest BCUT2D eigenvalue weighted by atomic mass is 10.1. The zero-order valence-corrected chi connectivity index (χ0v) is 19.5. The number of carbonyl (C=O) groups excluding carboxylic acids is 1. The van der Waals surface area contributed by atoms with E-state index in [0.29, 0.717) is 13.0 Å². The van der Waals surface area contributed by atoms with Crippen LogP contribution in [0.2, 0.25) is 0 Å². The average molecular weight is 446 g/mol. The maximum atomic E-state index is 13.0. The van der Waals surface area contributed by atoms with Crippen LogP contribution in [-0.2, 0) is 4.79 Å². The molecular weight excluding hydrogens is 414 g/mol. The number of hydrogen-bond donors (Lipinski definition) is 1. The van der Waals surface area contributed by atoms with Crippen molar-refractivity contribution in [1.29, 1.82) is 0 Å². The van der Waals surface area contributed by atoms with Gasteiger partial charge in [-0.3, -0.25) is 9.78 Å². The summed E-state index contributed by atoms with van der Waals surface area (Å²) in [6, 6.07) is 15.9. The number of hydrogen-bond acceptors (Lipinski definition) is 6. The van der Waals surface area contributed by atoms with Crippen molar-refractivity contribution in [3.63, 3.8) is 0 Å². The van der Waals surface area contributed by atoms with Gasteiger partial charge in [-0.2, -0.15) is 0 Å². The summed E-state index contributed by atoms with van der Waals surface area (Å²) < 4.78 is 5.22. The number of aryl methyl sites for hydroxylation is 1. The molecule has 0 bridgehead atoms. The molecule has 7 nitrogen and oxygen atoms in total. The molecule has 0 aliphatic carbocycles. The highest BCUT2D eigenvalue weighted by atomic mass is 16.5. The first-order valence-electron chi connectivity index (χ1n) is 11.3. The molecular formula is C26H31N5O2. The normalized spacial score (nSPS) is 15.4. The number of anilines is 3. The third-order valence-electron chi connectivity index (χ3n) is 6.15. The Hall–Kier alpha value is -3.61. The number of carbonyl (C=O) groups is 1. The van der Waals surface area contributed by atoms with Crippen LogP contribution in [0.15, 0.2) is 60.9 Å². The predicted molar refractivity (Wildman–Crippen MR) is 131 cm³/mol. The molecule has 1 aliphatic rings. The van der Waals surface area contributed by atoms with Crippen LogP contribution in [0.25, 0.3) is 0 Å². The topological polar surface area (TPSA) is 70.6 Å². The number of likely N-dealkylation sites (tertiary alicyclic amines) is 1. The maximum absolute atomic E-state index is 13.0. The quantitative estimate of drug-likeness (QED) is 0.541. The summed E-state index contributed by atoms with van der Waals surface area (Å²) in [5.41, 5.74) is 3.97. The Balaban J connectivity index is 1.35. The van der Waals surface area contributed by atoms with E-state index in [0.717, 1.165) is 53.6 Å². The van der Waals surface area contributed by atoms with Gasteiger partial charge in [0, 0.05) is 38.4 Å². The third-order valence-corrected chi connectivity index (χ3v) is 6.15. The summed E-state index contributed by atoms with van der Waals surface area (Å²) in [5, 5.41) is 3.31. The Morgan fingerprint density at radius 3 is 2.70 bits per heavy atom. The van der Waals surface area contributed by atoms with Crippen LogP contribution in [0.5, 0.6) is 5.75 Å². The minimum absolute atomic E-state index is 0.0365. The molecule has 7 heteroatoms. The molecule has 1 fully saturated rings. The van der Waals surface area contributed by atoms with E-state index >= 15 is 0 Å². The van der Waals surface area contributed by atoms with Crippen LogP contribution < -0.4 is 15.0 Å². The summed E-state index contributed by atoms with van der Waals surface area (Å²) in [7, 11) is 3.66. The Labute approximate surface area is 195 Å². The van der Waals surface area contributed by atoms with Gasteiger partial charge in [0.15, 0.2) is 0 Å². The fourth-order valence-electron chi connectivity index (χ4n) is 4.18. The minimum Gasteiger partial charge on any atom is -0.497 e. The average Bonchev–Trinajstić information content (AvgIpc) is 3.34. The van der Waals surface area contributed by atoms with Gasteiger partial charge in [-0.15, -0.1) is 0 Å². The van der Waals surface area contributed by atoms with Crippen molar-refractivity contribution >= 4 is 23.1 Å². The van der Waals surface area contributed by atoms with E-state index in [1.165, 1.54) is 0 Å². The number of amides is 1. The summed E-state index contributed by atoms with van der Waals surface area (Å²) in [6.45, 7) is 3.46. The van der Waals surface area contributed by atoms with Gasteiger partial charge < -0.3 is 19.9 Å². The number of ether oxygens (including phenoxy) is 1. The fourth-order valence-corrected chi connectivity index (χ4v) is 4.18. The molecule has 1 aliphatic heterocycles. The van der Waals surface area contributed by atoms with E-state index < -0.39 is 0 Å². The van der Waals surface area contributed by atoms with Crippen LogP contribution in [-0.4, -0.2) is 48.0 Å². The van der Waals surface area contributed by atoms with E-state index in [-0.39, 0.29) is 11.9 Å². The second kappa shape index (κ2) is 10.3. The number of nitrogens with zero attached hydrogens (tertiary/aromatic N) is 4. The number of nitrogens with one attached hydrogen (secondary N) is 1. The van der Waals surface area contributed by atoms with Gasteiger partial charge >= 0.3 is 0 Å². The lowest BCUT2D eigenvalue weighted by Gasteiger charge is -2.26. The molecule has 3 aromatic rings. The highest BCUT2D eigenvalue weighted by Crippen LogP contribution is 2.32. The Morgan fingerprint density at radius 1 is 1.18 bits per heavy atom. The second-order valence-corrected chi connectivity index (χ2v) is 8.38.